The topological polar surface area (TPSA) is 89.3 Å². The molecule has 1 heterocycles. The molecule has 0 saturated heterocycles. The van der Waals surface area contributed by atoms with Gasteiger partial charge in [-0.25, -0.2) is 4.39 Å². The minimum atomic E-state index is -0.458. The van der Waals surface area contributed by atoms with Crippen molar-refractivity contribution in [3.63, 3.8) is 0 Å². The highest BCUT2D eigenvalue weighted by Crippen LogP contribution is 2.29. The van der Waals surface area contributed by atoms with Gasteiger partial charge in [-0.15, -0.1) is 10.2 Å². The van der Waals surface area contributed by atoms with Gasteiger partial charge in [-0.2, -0.15) is 0 Å². The van der Waals surface area contributed by atoms with Crippen LogP contribution in [0.1, 0.15) is 11.4 Å². The van der Waals surface area contributed by atoms with Gasteiger partial charge in [0.25, 0.3) is 0 Å². The first-order chi connectivity index (χ1) is 9.02. The van der Waals surface area contributed by atoms with Crippen molar-refractivity contribution in [1.82, 2.24) is 14.8 Å². The highest BCUT2D eigenvalue weighted by atomic mass is 32.2. The predicted octanol–water partition coefficient (Wildman–Crippen LogP) is 1.51. The van der Waals surface area contributed by atoms with E-state index < -0.39 is 5.82 Å². The second kappa shape index (κ2) is 5.27. The van der Waals surface area contributed by atoms with Crippen molar-refractivity contribution in [2.24, 2.45) is 17.9 Å². The van der Waals surface area contributed by atoms with Crippen LogP contribution in [0.2, 0.25) is 0 Å². The zero-order valence-corrected chi connectivity index (χ0v) is 11.1. The third kappa shape index (κ3) is 2.68. The van der Waals surface area contributed by atoms with E-state index in [9.17, 15) is 4.39 Å². The first-order valence-corrected chi connectivity index (χ1v) is 6.16. The number of nitrogens with zero attached hydrogens (tertiary/aromatic N) is 4. The Morgan fingerprint density at radius 2 is 2.21 bits per heavy atom. The molecule has 3 N–H and O–H groups in total. The molecule has 0 fully saturated rings. The lowest BCUT2D eigenvalue weighted by Crippen LogP contribution is -2.14. The Labute approximate surface area is 113 Å². The maximum atomic E-state index is 13.2. The minimum absolute atomic E-state index is 0.152. The van der Waals surface area contributed by atoms with E-state index in [0.29, 0.717) is 15.6 Å². The average Bonchev–Trinajstić information content (AvgIpc) is 2.71. The fraction of sp³-hybridized carbons (Fsp3) is 0.182. The molecule has 1 aromatic carbocycles. The van der Waals surface area contributed by atoms with E-state index in [1.807, 2.05) is 14.0 Å². The van der Waals surface area contributed by atoms with E-state index in [2.05, 4.69) is 15.4 Å². The first-order valence-electron chi connectivity index (χ1n) is 5.34. The van der Waals surface area contributed by atoms with E-state index in [-0.39, 0.29) is 5.84 Å². The lowest BCUT2D eigenvalue weighted by atomic mass is 10.2. The van der Waals surface area contributed by atoms with Crippen LogP contribution in [0.4, 0.5) is 4.39 Å². The first kappa shape index (κ1) is 13.3. The maximum Gasteiger partial charge on any atom is 0.195 e. The highest BCUT2D eigenvalue weighted by molar-refractivity contribution is 7.99. The smallest absolute Gasteiger partial charge is 0.195 e. The summed E-state index contributed by atoms with van der Waals surface area (Å²) in [4.78, 5) is 0.632. The van der Waals surface area contributed by atoms with E-state index in [4.69, 9.17) is 10.9 Å². The van der Waals surface area contributed by atoms with Crippen LogP contribution >= 0.6 is 11.8 Å². The molecule has 0 amide bonds. The van der Waals surface area contributed by atoms with E-state index in [1.165, 1.54) is 23.9 Å². The molecule has 19 heavy (non-hydrogen) atoms. The molecule has 0 aliphatic carbocycles. The molecule has 2 rings (SSSR count). The Hall–Kier alpha value is -2.09. The summed E-state index contributed by atoms with van der Waals surface area (Å²) in [6, 6.07) is 4.07. The number of nitrogens with two attached hydrogens (primary N) is 1. The molecular formula is C11H12FN5OS. The standard InChI is InChI=1S/C11H12FN5OS/c1-6-14-15-11(17(6)2)19-9-4-3-7(12)5-8(9)10(13)16-18/h3-5,18H,1-2H3,(H2,13,16). The summed E-state index contributed by atoms with van der Waals surface area (Å²) < 4.78 is 15.0. The third-order valence-electron chi connectivity index (χ3n) is 2.58. The van der Waals surface area contributed by atoms with Gasteiger partial charge in [-0.1, -0.05) is 5.16 Å². The van der Waals surface area contributed by atoms with Crippen molar-refractivity contribution < 1.29 is 9.60 Å². The van der Waals surface area contributed by atoms with Gasteiger partial charge in [-0.3, -0.25) is 0 Å². The molecule has 0 radical (unpaired) electrons. The summed E-state index contributed by atoms with van der Waals surface area (Å²) in [6.45, 7) is 1.83. The van der Waals surface area contributed by atoms with Gasteiger partial charge in [0.1, 0.15) is 11.6 Å². The lowest BCUT2D eigenvalue weighted by molar-refractivity contribution is 0.318. The fourth-order valence-corrected chi connectivity index (χ4v) is 2.38. The number of aromatic nitrogens is 3. The molecule has 0 aliphatic rings. The third-order valence-corrected chi connectivity index (χ3v) is 3.69. The van der Waals surface area contributed by atoms with Crippen LogP contribution in [0.15, 0.2) is 33.4 Å². The molecule has 1 aromatic heterocycles. The number of hydrogen-bond donors (Lipinski definition) is 2. The summed E-state index contributed by atoms with van der Waals surface area (Å²) in [5.74, 6) is 0.149. The zero-order valence-electron chi connectivity index (χ0n) is 10.3. The second-order valence-electron chi connectivity index (χ2n) is 3.82. The molecule has 0 saturated carbocycles. The Morgan fingerprint density at radius 3 is 2.79 bits per heavy atom. The summed E-state index contributed by atoms with van der Waals surface area (Å²) in [5.41, 5.74) is 5.85. The number of amidine groups is 1. The van der Waals surface area contributed by atoms with Crippen LogP contribution in [0.5, 0.6) is 0 Å². The normalized spacial score (nSPS) is 11.8. The van der Waals surface area contributed by atoms with Gasteiger partial charge in [0.05, 0.1) is 0 Å². The molecule has 2 aromatic rings. The van der Waals surface area contributed by atoms with Crippen LogP contribution < -0.4 is 5.73 Å². The maximum absolute atomic E-state index is 13.2. The van der Waals surface area contributed by atoms with Gasteiger partial charge in [-0.05, 0) is 36.9 Å². The molecular weight excluding hydrogens is 269 g/mol. The summed E-state index contributed by atoms with van der Waals surface area (Å²) >= 11 is 1.26. The Kier molecular flexibility index (Phi) is 3.70. The van der Waals surface area contributed by atoms with Crippen molar-refractivity contribution in [1.29, 1.82) is 0 Å². The van der Waals surface area contributed by atoms with Crippen molar-refractivity contribution >= 4 is 17.6 Å². The number of aryl methyl sites for hydroxylation is 1. The molecule has 0 bridgehead atoms. The molecule has 0 atom stereocenters. The van der Waals surface area contributed by atoms with E-state index in [0.717, 1.165) is 5.82 Å². The summed E-state index contributed by atoms with van der Waals surface area (Å²) in [6.07, 6.45) is 0. The van der Waals surface area contributed by atoms with Gasteiger partial charge >= 0.3 is 0 Å². The summed E-state index contributed by atoms with van der Waals surface area (Å²) in [5, 5.41) is 20.2. The van der Waals surface area contributed by atoms with Crippen molar-refractivity contribution in [2.45, 2.75) is 17.0 Å². The minimum Gasteiger partial charge on any atom is -0.409 e. The molecule has 100 valence electrons. The van der Waals surface area contributed by atoms with Crippen LogP contribution in [0.25, 0.3) is 0 Å². The molecule has 8 heteroatoms. The number of halogens is 1. The Balaban J connectivity index is 2.43. The number of rotatable bonds is 3. The van der Waals surface area contributed by atoms with Crippen molar-refractivity contribution in [3.05, 3.63) is 35.4 Å². The van der Waals surface area contributed by atoms with Crippen molar-refractivity contribution in [2.75, 3.05) is 0 Å². The van der Waals surface area contributed by atoms with Crippen LogP contribution in [-0.2, 0) is 7.05 Å². The van der Waals surface area contributed by atoms with Crippen molar-refractivity contribution in [3.8, 4) is 0 Å². The number of benzene rings is 1. The van der Waals surface area contributed by atoms with Gasteiger partial charge in [0.2, 0.25) is 0 Å². The quantitative estimate of drug-likeness (QED) is 0.385. The van der Waals surface area contributed by atoms with Gasteiger partial charge in [0, 0.05) is 17.5 Å². The van der Waals surface area contributed by atoms with Crippen LogP contribution in [0, 0.1) is 12.7 Å². The predicted molar refractivity (Wildman–Crippen MR) is 68.8 cm³/mol. The highest BCUT2D eigenvalue weighted by Gasteiger charge is 2.13. The number of oxime groups is 1. The molecule has 0 aliphatic heterocycles. The zero-order chi connectivity index (χ0) is 14.0. The molecule has 0 spiro atoms. The van der Waals surface area contributed by atoms with Crippen LogP contribution in [-0.4, -0.2) is 25.8 Å². The lowest BCUT2D eigenvalue weighted by Gasteiger charge is -2.07. The Bertz CT molecular complexity index is 640. The van der Waals surface area contributed by atoms with Gasteiger partial charge in [0.15, 0.2) is 11.0 Å². The summed E-state index contributed by atoms with van der Waals surface area (Å²) in [7, 11) is 1.82. The van der Waals surface area contributed by atoms with Crippen LogP contribution in [0.3, 0.4) is 0 Å². The van der Waals surface area contributed by atoms with Gasteiger partial charge < -0.3 is 15.5 Å². The second-order valence-corrected chi connectivity index (χ2v) is 4.83. The number of hydrogen-bond acceptors (Lipinski definition) is 5. The fourth-order valence-electron chi connectivity index (χ4n) is 1.42. The van der Waals surface area contributed by atoms with E-state index in [1.54, 1.807) is 10.6 Å². The SMILES string of the molecule is Cc1nnc(Sc2ccc(F)cc2/C(N)=N/O)n1C. The van der Waals surface area contributed by atoms with E-state index >= 15 is 0 Å². The molecule has 6 nitrogen and oxygen atoms in total. The largest absolute Gasteiger partial charge is 0.409 e. The average molecular weight is 281 g/mol. The Morgan fingerprint density at radius 1 is 1.47 bits per heavy atom. The molecule has 0 unspecified atom stereocenters. The monoisotopic (exact) mass is 281 g/mol.